The minimum Gasteiger partial charge on any atom is -0.293 e. The Bertz CT molecular complexity index is 425. The largest absolute Gasteiger partial charge is 0.330 e. The molecular formula is C12H14N2O2. The number of carbonyl (C=O) groups is 2. The number of amides is 3. The summed E-state index contributed by atoms with van der Waals surface area (Å²) in [5.74, 6) is -0.117. The monoisotopic (exact) mass is 218 g/mol. The Kier molecular flexibility index (Phi) is 2.64. The molecule has 1 saturated heterocycles. The van der Waals surface area contributed by atoms with Crippen molar-refractivity contribution in [1.29, 1.82) is 0 Å². The number of rotatable bonds is 1. The van der Waals surface area contributed by atoms with Gasteiger partial charge in [0, 0.05) is 25.7 Å². The molecule has 0 radical (unpaired) electrons. The van der Waals surface area contributed by atoms with Gasteiger partial charge in [-0.3, -0.25) is 14.6 Å². The fraction of sp³-hybridized carbons (Fsp3) is 0.333. The first kappa shape index (κ1) is 10.7. The summed E-state index contributed by atoms with van der Waals surface area (Å²) >= 11 is 0. The summed E-state index contributed by atoms with van der Waals surface area (Å²) in [6, 6.07) is 7.46. The Labute approximate surface area is 94.5 Å². The van der Waals surface area contributed by atoms with Crippen molar-refractivity contribution in [3.8, 4) is 0 Å². The molecule has 0 N–H and O–H groups in total. The number of urea groups is 1. The van der Waals surface area contributed by atoms with Crippen LogP contribution >= 0.6 is 0 Å². The molecule has 1 aromatic carbocycles. The highest BCUT2D eigenvalue weighted by Gasteiger charge is 2.29. The molecule has 84 valence electrons. The minimum absolute atomic E-state index is 0.117. The van der Waals surface area contributed by atoms with E-state index in [1.165, 1.54) is 11.9 Å². The molecule has 1 aromatic rings. The second kappa shape index (κ2) is 3.96. The zero-order valence-electron chi connectivity index (χ0n) is 9.43. The Morgan fingerprint density at radius 3 is 2.38 bits per heavy atom. The third-order valence-electron chi connectivity index (χ3n) is 2.79. The van der Waals surface area contributed by atoms with Gasteiger partial charge in [-0.25, -0.2) is 4.79 Å². The number of nitrogens with zero attached hydrogens (tertiary/aromatic N) is 2. The van der Waals surface area contributed by atoms with Crippen molar-refractivity contribution in [2.75, 3.05) is 18.5 Å². The third kappa shape index (κ3) is 1.78. The molecule has 4 nitrogen and oxygen atoms in total. The van der Waals surface area contributed by atoms with Crippen LogP contribution in [0.25, 0.3) is 0 Å². The molecule has 1 heterocycles. The van der Waals surface area contributed by atoms with Crippen molar-refractivity contribution < 1.29 is 9.59 Å². The Hall–Kier alpha value is -1.84. The molecule has 3 amide bonds. The first-order chi connectivity index (χ1) is 7.59. The lowest BCUT2D eigenvalue weighted by molar-refractivity contribution is -0.127. The summed E-state index contributed by atoms with van der Waals surface area (Å²) < 4.78 is 0. The van der Waals surface area contributed by atoms with Crippen molar-refractivity contribution in [1.82, 2.24) is 4.90 Å². The normalized spacial score (nSPS) is 16.9. The van der Waals surface area contributed by atoms with Crippen molar-refractivity contribution in [3.63, 3.8) is 0 Å². The lowest BCUT2D eigenvalue weighted by atomic mass is 10.2. The van der Waals surface area contributed by atoms with Crippen LogP contribution in [0.15, 0.2) is 24.3 Å². The predicted molar refractivity (Wildman–Crippen MR) is 61.3 cm³/mol. The van der Waals surface area contributed by atoms with E-state index in [1.807, 2.05) is 31.2 Å². The lowest BCUT2D eigenvalue weighted by Crippen LogP contribution is -2.50. The van der Waals surface area contributed by atoms with Crippen molar-refractivity contribution >= 4 is 17.6 Å². The van der Waals surface area contributed by atoms with Crippen LogP contribution in [-0.2, 0) is 4.79 Å². The molecule has 1 aliphatic rings. The second-order valence-electron chi connectivity index (χ2n) is 3.97. The Balaban J connectivity index is 2.25. The first-order valence-electron chi connectivity index (χ1n) is 5.24. The topological polar surface area (TPSA) is 40.6 Å². The fourth-order valence-corrected chi connectivity index (χ4v) is 1.72. The maximum absolute atomic E-state index is 11.9. The molecule has 0 aliphatic carbocycles. The zero-order chi connectivity index (χ0) is 11.7. The van der Waals surface area contributed by atoms with Gasteiger partial charge in [0.15, 0.2) is 0 Å². The highest BCUT2D eigenvalue weighted by Crippen LogP contribution is 2.20. The lowest BCUT2D eigenvalue weighted by Gasteiger charge is -2.31. The molecule has 0 aromatic heterocycles. The predicted octanol–water partition coefficient (Wildman–Crippen LogP) is 1.78. The highest BCUT2D eigenvalue weighted by molar-refractivity contribution is 6.05. The minimum atomic E-state index is -0.250. The molecule has 1 aliphatic heterocycles. The zero-order valence-corrected chi connectivity index (χ0v) is 9.43. The number of carbonyl (C=O) groups excluding carboxylic acids is 2. The summed E-state index contributed by atoms with van der Waals surface area (Å²) in [6.07, 6.45) is 0.385. The number of hydrogen-bond donors (Lipinski definition) is 0. The molecular weight excluding hydrogens is 204 g/mol. The number of imide groups is 1. The molecule has 0 spiro atoms. The van der Waals surface area contributed by atoms with Crippen LogP contribution in [0.3, 0.4) is 0 Å². The van der Waals surface area contributed by atoms with Crippen molar-refractivity contribution in [3.05, 3.63) is 29.8 Å². The van der Waals surface area contributed by atoms with Gasteiger partial charge in [-0.1, -0.05) is 17.7 Å². The highest BCUT2D eigenvalue weighted by atomic mass is 16.2. The second-order valence-corrected chi connectivity index (χ2v) is 3.97. The maximum Gasteiger partial charge on any atom is 0.330 e. The molecule has 0 saturated carbocycles. The number of aryl methyl sites for hydroxylation is 1. The maximum atomic E-state index is 11.9. The van der Waals surface area contributed by atoms with Gasteiger partial charge >= 0.3 is 6.03 Å². The first-order valence-corrected chi connectivity index (χ1v) is 5.24. The molecule has 0 atom stereocenters. The van der Waals surface area contributed by atoms with Crippen LogP contribution in [0.2, 0.25) is 0 Å². The van der Waals surface area contributed by atoms with E-state index in [2.05, 4.69) is 0 Å². The van der Waals surface area contributed by atoms with E-state index in [9.17, 15) is 9.59 Å². The summed E-state index contributed by atoms with van der Waals surface area (Å²) in [6.45, 7) is 2.46. The average molecular weight is 218 g/mol. The van der Waals surface area contributed by atoms with E-state index in [1.54, 1.807) is 4.90 Å². The van der Waals surface area contributed by atoms with E-state index >= 15 is 0 Å². The van der Waals surface area contributed by atoms with Crippen molar-refractivity contribution in [2.45, 2.75) is 13.3 Å². The third-order valence-corrected chi connectivity index (χ3v) is 2.79. The number of anilines is 1. The SMILES string of the molecule is Cc1ccc(N2CCC(=O)N(C)C2=O)cc1. The summed E-state index contributed by atoms with van der Waals surface area (Å²) in [4.78, 5) is 26.0. The van der Waals surface area contributed by atoms with E-state index in [4.69, 9.17) is 0 Å². The average Bonchev–Trinajstić information content (AvgIpc) is 2.28. The molecule has 1 fully saturated rings. The number of hydrogen-bond acceptors (Lipinski definition) is 2. The van der Waals surface area contributed by atoms with E-state index < -0.39 is 0 Å². The van der Waals surface area contributed by atoms with E-state index in [0.717, 1.165) is 11.3 Å². The van der Waals surface area contributed by atoms with E-state index in [-0.39, 0.29) is 11.9 Å². The number of benzene rings is 1. The Morgan fingerprint density at radius 2 is 1.75 bits per heavy atom. The summed E-state index contributed by atoms with van der Waals surface area (Å²) in [5, 5.41) is 0. The van der Waals surface area contributed by atoms with Crippen LogP contribution in [0.1, 0.15) is 12.0 Å². The quantitative estimate of drug-likeness (QED) is 0.721. The van der Waals surface area contributed by atoms with Crippen LogP contribution < -0.4 is 4.90 Å². The molecule has 2 rings (SSSR count). The van der Waals surface area contributed by atoms with Gasteiger partial charge < -0.3 is 0 Å². The van der Waals surface area contributed by atoms with Gasteiger partial charge in [0.2, 0.25) is 5.91 Å². The van der Waals surface area contributed by atoms with Gasteiger partial charge in [0.25, 0.3) is 0 Å². The molecule has 4 heteroatoms. The van der Waals surface area contributed by atoms with Crippen molar-refractivity contribution in [2.24, 2.45) is 0 Å². The van der Waals surface area contributed by atoms with Gasteiger partial charge in [-0.15, -0.1) is 0 Å². The smallest absolute Gasteiger partial charge is 0.293 e. The van der Waals surface area contributed by atoms with Gasteiger partial charge in [0.1, 0.15) is 0 Å². The summed E-state index contributed by atoms with van der Waals surface area (Å²) in [5.41, 5.74) is 1.99. The van der Waals surface area contributed by atoms with Gasteiger partial charge in [-0.05, 0) is 19.1 Å². The molecule has 16 heavy (non-hydrogen) atoms. The fourth-order valence-electron chi connectivity index (χ4n) is 1.72. The molecule has 0 bridgehead atoms. The molecule has 0 unspecified atom stereocenters. The van der Waals surface area contributed by atoms with Crippen LogP contribution in [0.4, 0.5) is 10.5 Å². The Morgan fingerprint density at radius 1 is 1.12 bits per heavy atom. The van der Waals surface area contributed by atoms with Crippen LogP contribution in [0.5, 0.6) is 0 Å². The summed E-state index contributed by atoms with van der Waals surface area (Å²) in [7, 11) is 1.52. The van der Waals surface area contributed by atoms with Gasteiger partial charge in [0.05, 0.1) is 0 Å². The van der Waals surface area contributed by atoms with Gasteiger partial charge in [-0.2, -0.15) is 0 Å². The van der Waals surface area contributed by atoms with Crippen LogP contribution in [0, 0.1) is 6.92 Å². The van der Waals surface area contributed by atoms with Crippen LogP contribution in [-0.4, -0.2) is 30.4 Å². The standard InChI is InChI=1S/C12H14N2O2/c1-9-3-5-10(6-4-9)14-8-7-11(15)13(2)12(14)16/h3-6H,7-8H2,1-2H3. The van der Waals surface area contributed by atoms with E-state index in [0.29, 0.717) is 13.0 Å².